The molecule has 13 heteroatoms. The zero-order valence-electron chi connectivity index (χ0n) is 22.8. The lowest BCUT2D eigenvalue weighted by atomic mass is 10.0. The lowest BCUT2D eigenvalue weighted by Crippen LogP contribution is -2.38. The third-order valence-electron chi connectivity index (χ3n) is 4.88. The first-order valence-electron chi connectivity index (χ1n) is 12.3. The second kappa shape index (κ2) is 18.7. The van der Waals surface area contributed by atoms with Crippen molar-refractivity contribution in [3.8, 4) is 0 Å². The molecule has 1 aromatic heterocycles. The summed E-state index contributed by atoms with van der Waals surface area (Å²) in [4.78, 5) is 43.3. The Morgan fingerprint density at radius 1 is 1.26 bits per heavy atom. The molecule has 2 amide bonds. The van der Waals surface area contributed by atoms with E-state index >= 15 is 0 Å². The van der Waals surface area contributed by atoms with E-state index in [1.807, 2.05) is 13.8 Å². The van der Waals surface area contributed by atoms with Crippen molar-refractivity contribution in [3.63, 3.8) is 0 Å². The zero-order valence-corrected chi connectivity index (χ0v) is 23.6. The largest absolute Gasteiger partial charge is 0.405 e. The Balaban J connectivity index is 0.000000856. The average molecular weight is 571 g/mol. The first kappa shape index (κ1) is 35.5. The molecule has 0 fully saturated rings. The number of hydrogen-bond donors (Lipinski definition) is 4. The number of nitrogens with one attached hydrogen (secondary N) is 3. The summed E-state index contributed by atoms with van der Waals surface area (Å²) in [5.74, 6) is -1.55. The third kappa shape index (κ3) is 13.8. The van der Waals surface area contributed by atoms with Gasteiger partial charge in [-0.25, -0.2) is 9.97 Å². The Hall–Kier alpha value is -3.48. The lowest BCUT2D eigenvalue weighted by molar-refractivity contribution is -0.156. The normalized spacial score (nSPS) is 14.7. The molecule has 216 valence electrons. The molecule has 2 unspecified atom stereocenters. The topological polar surface area (TPSA) is 151 Å². The van der Waals surface area contributed by atoms with Crippen molar-refractivity contribution >= 4 is 40.7 Å². The molecule has 1 aliphatic rings. The van der Waals surface area contributed by atoms with Crippen molar-refractivity contribution in [3.05, 3.63) is 53.0 Å². The summed E-state index contributed by atoms with van der Waals surface area (Å²) in [7, 11) is 0. The maximum absolute atomic E-state index is 12.5. The van der Waals surface area contributed by atoms with Gasteiger partial charge in [0.1, 0.15) is 17.8 Å². The molecule has 9 nitrogen and oxygen atoms in total. The van der Waals surface area contributed by atoms with Crippen LogP contribution in [-0.4, -0.2) is 45.3 Å². The van der Waals surface area contributed by atoms with E-state index in [1.165, 1.54) is 24.7 Å². The number of amides is 2. The molecule has 2 atom stereocenters. The molecule has 0 aromatic carbocycles. The van der Waals surface area contributed by atoms with Gasteiger partial charge in [0.2, 0.25) is 5.91 Å². The summed E-state index contributed by atoms with van der Waals surface area (Å²) in [6, 6.07) is -0.582. The molecule has 0 spiro atoms. The molecule has 0 radical (unpaired) electrons. The number of fused-ring (bicyclic) bond motifs is 1. The maximum Gasteiger partial charge on any atom is 0.394 e. The minimum atomic E-state index is -4.08. The van der Waals surface area contributed by atoms with Crippen molar-refractivity contribution in [2.24, 2.45) is 11.7 Å². The van der Waals surface area contributed by atoms with Crippen LogP contribution < -0.4 is 16.4 Å². The second-order valence-electron chi connectivity index (χ2n) is 8.08. The van der Waals surface area contributed by atoms with Gasteiger partial charge in [-0.15, -0.1) is 0 Å². The van der Waals surface area contributed by atoms with Gasteiger partial charge in [-0.3, -0.25) is 19.8 Å². The van der Waals surface area contributed by atoms with Crippen LogP contribution in [0.3, 0.4) is 0 Å². The van der Waals surface area contributed by atoms with Crippen molar-refractivity contribution < 1.29 is 27.6 Å². The fraction of sp³-hybridized carbons (Fsp3) is 0.462. The fourth-order valence-electron chi connectivity index (χ4n) is 2.70. The van der Waals surface area contributed by atoms with Crippen LogP contribution in [0.15, 0.2) is 41.7 Å². The highest BCUT2D eigenvalue weighted by atomic mass is 32.2. The molecular formula is C26H37F3N6O3S. The second-order valence-corrected chi connectivity index (χ2v) is 9.20. The van der Waals surface area contributed by atoms with Gasteiger partial charge in [-0.05, 0) is 39.3 Å². The summed E-state index contributed by atoms with van der Waals surface area (Å²) in [5.41, 5.74) is 5.62. The van der Waals surface area contributed by atoms with Gasteiger partial charge < -0.3 is 16.4 Å². The number of nitrogens with zero attached hydrogens (tertiary/aromatic N) is 2. The van der Waals surface area contributed by atoms with E-state index in [-0.39, 0.29) is 23.1 Å². The smallest absolute Gasteiger partial charge is 0.394 e. The number of alkyl halides is 3. The molecule has 2 heterocycles. The van der Waals surface area contributed by atoms with Crippen LogP contribution in [0, 0.1) is 11.3 Å². The predicted molar refractivity (Wildman–Crippen MR) is 149 cm³/mol. The maximum atomic E-state index is 12.5. The third-order valence-corrected chi connectivity index (χ3v) is 5.95. The number of carbonyl (C=O) groups is 3. The number of halogens is 3. The van der Waals surface area contributed by atoms with E-state index in [4.69, 9.17) is 11.1 Å². The van der Waals surface area contributed by atoms with E-state index < -0.39 is 24.0 Å². The number of aldehydes is 1. The summed E-state index contributed by atoms with van der Waals surface area (Å²) >= 11 is 1.02. The number of anilines is 1. The monoisotopic (exact) mass is 570 g/mol. The number of allylic oxidation sites excluding steroid dienone is 5. The first-order valence-corrected chi connectivity index (χ1v) is 13.1. The van der Waals surface area contributed by atoms with Crippen molar-refractivity contribution in [2.45, 2.75) is 72.5 Å². The van der Waals surface area contributed by atoms with Gasteiger partial charge >= 0.3 is 6.18 Å². The molecule has 2 rings (SSSR count). The summed E-state index contributed by atoms with van der Waals surface area (Å²) in [6.07, 6.45) is 7.55. The molecular weight excluding hydrogens is 533 g/mol. The van der Waals surface area contributed by atoms with E-state index in [2.05, 4.69) is 20.6 Å². The number of aromatic nitrogens is 2. The van der Waals surface area contributed by atoms with Gasteiger partial charge in [-0.2, -0.15) is 13.2 Å². The van der Waals surface area contributed by atoms with Crippen molar-refractivity contribution in [2.75, 3.05) is 5.32 Å². The van der Waals surface area contributed by atoms with Crippen LogP contribution in [0.2, 0.25) is 0 Å². The summed E-state index contributed by atoms with van der Waals surface area (Å²) in [6.45, 7) is 8.39. The van der Waals surface area contributed by atoms with E-state index in [0.717, 1.165) is 18.7 Å². The van der Waals surface area contributed by atoms with Crippen molar-refractivity contribution in [1.82, 2.24) is 15.3 Å². The SMILES string of the molecule is C/C=C/N.CC/C=C(/C=O)SC(=N)C(C)NC(=O)c1ncnc2c1CCC(=O)N2.CC/C=C\C(C)C(F)(F)F. The van der Waals surface area contributed by atoms with Crippen LogP contribution in [0.4, 0.5) is 19.0 Å². The minimum absolute atomic E-state index is 0.145. The molecule has 39 heavy (non-hydrogen) atoms. The lowest BCUT2D eigenvalue weighted by Gasteiger charge is -2.19. The first-order chi connectivity index (χ1) is 18.4. The Morgan fingerprint density at radius 2 is 1.90 bits per heavy atom. The summed E-state index contributed by atoms with van der Waals surface area (Å²) < 4.78 is 35.2. The highest BCUT2D eigenvalue weighted by Crippen LogP contribution is 2.26. The van der Waals surface area contributed by atoms with E-state index in [1.54, 1.807) is 26.0 Å². The number of carbonyl (C=O) groups excluding carboxylic acids is 3. The van der Waals surface area contributed by atoms with Gasteiger partial charge in [0.15, 0.2) is 6.29 Å². The van der Waals surface area contributed by atoms with Crippen LogP contribution in [0.5, 0.6) is 0 Å². The van der Waals surface area contributed by atoms with Crippen LogP contribution in [-0.2, 0) is 16.0 Å². The Labute approximate surface area is 231 Å². The van der Waals surface area contributed by atoms with E-state index in [9.17, 15) is 27.6 Å². The Kier molecular flexibility index (Phi) is 17.0. The highest BCUT2D eigenvalue weighted by molar-refractivity contribution is 8.17. The van der Waals surface area contributed by atoms with E-state index in [0.29, 0.717) is 41.8 Å². The van der Waals surface area contributed by atoms with Gasteiger partial charge in [0.25, 0.3) is 5.91 Å². The standard InChI is InChI=1S/C16H19N5O3S.C7H11F3.C3H7N/c1-3-4-10(7-22)25-14(17)9(2)20-16(24)13-11-5-6-12(23)21-15(11)19-8-18-13;1-3-4-5-6(2)7(8,9)10;1-2-3-4/h4,7-9,17H,3,5-6H2,1-2H3,(H,20,24)(H,18,19,21,23);4-6H,3H2,1-2H3;2-3H,4H2,1H3/b10-4-,17-14?;5-4-;3-2+. The molecule has 0 saturated heterocycles. The number of thioether (sulfide) groups is 1. The molecule has 0 aliphatic carbocycles. The van der Waals surface area contributed by atoms with Crippen molar-refractivity contribution in [1.29, 1.82) is 5.41 Å². The van der Waals surface area contributed by atoms with Crippen LogP contribution in [0.1, 0.15) is 69.9 Å². The predicted octanol–water partition coefficient (Wildman–Crippen LogP) is 5.31. The molecule has 1 aliphatic heterocycles. The Bertz CT molecular complexity index is 1050. The Morgan fingerprint density at radius 3 is 2.41 bits per heavy atom. The van der Waals surface area contributed by atoms with Gasteiger partial charge in [0, 0.05) is 16.9 Å². The number of hydrogen-bond acceptors (Lipinski definition) is 8. The average Bonchev–Trinajstić information content (AvgIpc) is 2.90. The van der Waals surface area contributed by atoms with Crippen LogP contribution >= 0.6 is 11.8 Å². The molecule has 0 saturated carbocycles. The zero-order chi connectivity index (χ0) is 30.0. The van der Waals surface area contributed by atoms with Crippen LogP contribution in [0.25, 0.3) is 0 Å². The number of nitrogens with two attached hydrogens (primary N) is 1. The highest BCUT2D eigenvalue weighted by Gasteiger charge is 2.33. The number of rotatable bonds is 8. The molecule has 5 N–H and O–H groups in total. The van der Waals surface area contributed by atoms with Gasteiger partial charge in [0.05, 0.1) is 17.0 Å². The molecule has 1 aromatic rings. The fourth-order valence-corrected chi connectivity index (χ4v) is 3.48. The quantitative estimate of drug-likeness (QED) is 0.109. The van der Waals surface area contributed by atoms with Gasteiger partial charge in [-0.1, -0.05) is 56.8 Å². The minimum Gasteiger partial charge on any atom is -0.405 e. The summed E-state index contributed by atoms with van der Waals surface area (Å²) in [5, 5.41) is 13.5. The molecule has 0 bridgehead atoms.